The lowest BCUT2D eigenvalue weighted by Crippen LogP contribution is -2.49. The number of hydrogen-bond donors (Lipinski definition) is 1. The van der Waals surface area contributed by atoms with E-state index in [1.165, 1.54) is 5.69 Å². The van der Waals surface area contributed by atoms with Gasteiger partial charge in [0.15, 0.2) is 0 Å². The summed E-state index contributed by atoms with van der Waals surface area (Å²) in [5, 5.41) is 3.12. The van der Waals surface area contributed by atoms with Crippen molar-refractivity contribution in [2.45, 2.75) is 31.7 Å². The maximum absolute atomic E-state index is 12.4. The quantitative estimate of drug-likeness (QED) is 0.923. The van der Waals surface area contributed by atoms with Crippen molar-refractivity contribution in [3.05, 3.63) is 30.3 Å². The summed E-state index contributed by atoms with van der Waals surface area (Å²) in [5.41, 5.74) is 1.25. The zero-order valence-corrected chi connectivity index (χ0v) is 14.6. The van der Waals surface area contributed by atoms with Gasteiger partial charge in [-0.2, -0.15) is 0 Å². The number of benzene rings is 1. The molecule has 2 aliphatic rings. The molecule has 2 amide bonds. The van der Waals surface area contributed by atoms with Crippen molar-refractivity contribution in [1.82, 2.24) is 10.2 Å². The van der Waals surface area contributed by atoms with Gasteiger partial charge in [-0.15, -0.1) is 0 Å². The number of likely N-dealkylation sites (tertiary alicyclic amines) is 1. The van der Waals surface area contributed by atoms with Crippen LogP contribution in [0.3, 0.4) is 0 Å². The van der Waals surface area contributed by atoms with Crippen LogP contribution >= 0.6 is 0 Å². The van der Waals surface area contributed by atoms with Crippen molar-refractivity contribution in [2.24, 2.45) is 5.92 Å². The Hall–Kier alpha value is -1.75. The fourth-order valence-electron chi connectivity index (χ4n) is 3.62. The third-order valence-corrected chi connectivity index (χ3v) is 5.35. The number of nitrogens with zero attached hydrogens (tertiary/aromatic N) is 2. The van der Waals surface area contributed by atoms with E-state index in [0.29, 0.717) is 12.0 Å². The molecule has 2 heterocycles. The predicted molar refractivity (Wildman–Crippen MR) is 96.4 cm³/mol. The van der Waals surface area contributed by atoms with Crippen molar-refractivity contribution >= 4 is 11.7 Å². The molecule has 0 unspecified atom stereocenters. The fourth-order valence-corrected chi connectivity index (χ4v) is 3.62. The lowest BCUT2D eigenvalue weighted by molar-refractivity contribution is 0.0662. The topological polar surface area (TPSA) is 44.8 Å². The SMILES string of the molecule is CN(c1ccccc1)C1CCN(C(=O)NCC2CCOCC2)CC1. The van der Waals surface area contributed by atoms with Gasteiger partial charge in [0.2, 0.25) is 0 Å². The first-order valence-electron chi connectivity index (χ1n) is 9.12. The summed E-state index contributed by atoms with van der Waals surface area (Å²) < 4.78 is 5.37. The van der Waals surface area contributed by atoms with Crippen LogP contribution in [0.15, 0.2) is 30.3 Å². The van der Waals surface area contributed by atoms with Gasteiger partial charge in [0.1, 0.15) is 0 Å². The Labute approximate surface area is 145 Å². The number of anilines is 1. The highest BCUT2D eigenvalue weighted by atomic mass is 16.5. The number of urea groups is 1. The van der Waals surface area contributed by atoms with Gasteiger partial charge in [-0.1, -0.05) is 18.2 Å². The largest absolute Gasteiger partial charge is 0.381 e. The summed E-state index contributed by atoms with van der Waals surface area (Å²) in [5.74, 6) is 0.574. The molecule has 2 aliphatic heterocycles. The minimum Gasteiger partial charge on any atom is -0.381 e. The van der Waals surface area contributed by atoms with E-state index in [2.05, 4.69) is 41.5 Å². The van der Waals surface area contributed by atoms with Crippen LogP contribution in [0.1, 0.15) is 25.7 Å². The highest BCUT2D eigenvalue weighted by Crippen LogP contribution is 2.22. The van der Waals surface area contributed by atoms with Gasteiger partial charge in [0, 0.05) is 51.6 Å². The van der Waals surface area contributed by atoms with Crippen molar-refractivity contribution in [2.75, 3.05) is 44.8 Å². The standard InChI is InChI=1S/C19H29N3O2/c1-21(17-5-3-2-4-6-17)18-7-11-22(12-8-18)19(23)20-15-16-9-13-24-14-10-16/h2-6,16,18H,7-15H2,1H3,(H,20,23). The summed E-state index contributed by atoms with van der Waals surface area (Å²) in [6.45, 7) is 4.12. The normalized spacial score (nSPS) is 20.0. The number of hydrogen-bond acceptors (Lipinski definition) is 3. The zero-order chi connectivity index (χ0) is 16.8. The number of piperidine rings is 1. The minimum atomic E-state index is 0.0994. The van der Waals surface area contributed by atoms with E-state index < -0.39 is 0 Å². The number of nitrogens with one attached hydrogen (secondary N) is 1. The first-order valence-corrected chi connectivity index (χ1v) is 9.12. The molecule has 2 saturated heterocycles. The third-order valence-electron chi connectivity index (χ3n) is 5.35. The van der Waals surface area contributed by atoms with Gasteiger partial charge in [0.25, 0.3) is 0 Å². The van der Waals surface area contributed by atoms with Gasteiger partial charge in [-0.25, -0.2) is 4.79 Å². The van der Waals surface area contributed by atoms with Crippen LogP contribution in [0.2, 0.25) is 0 Å². The number of rotatable bonds is 4. The average molecular weight is 331 g/mol. The van der Waals surface area contributed by atoms with E-state index in [1.54, 1.807) is 0 Å². The fraction of sp³-hybridized carbons (Fsp3) is 0.632. The second-order valence-corrected chi connectivity index (χ2v) is 6.91. The van der Waals surface area contributed by atoms with Gasteiger partial charge in [0.05, 0.1) is 0 Å². The zero-order valence-electron chi connectivity index (χ0n) is 14.6. The molecule has 5 nitrogen and oxygen atoms in total. The number of amides is 2. The van der Waals surface area contributed by atoms with Crippen LogP contribution in [0.5, 0.6) is 0 Å². The van der Waals surface area contributed by atoms with E-state index in [9.17, 15) is 4.79 Å². The molecule has 2 fully saturated rings. The van der Waals surface area contributed by atoms with Crippen LogP contribution in [0.25, 0.3) is 0 Å². The number of carbonyl (C=O) groups excluding carboxylic acids is 1. The van der Waals surface area contributed by atoms with Gasteiger partial charge in [-0.05, 0) is 43.7 Å². The van der Waals surface area contributed by atoms with Gasteiger partial charge < -0.3 is 19.9 Å². The monoisotopic (exact) mass is 331 g/mol. The van der Waals surface area contributed by atoms with Crippen LogP contribution in [0.4, 0.5) is 10.5 Å². The van der Waals surface area contributed by atoms with Crippen molar-refractivity contribution < 1.29 is 9.53 Å². The summed E-state index contributed by atoms with van der Waals surface area (Å²) in [6, 6.07) is 11.1. The van der Waals surface area contributed by atoms with E-state index in [4.69, 9.17) is 4.74 Å². The average Bonchev–Trinajstić information content (AvgIpc) is 2.67. The molecule has 24 heavy (non-hydrogen) atoms. The lowest BCUT2D eigenvalue weighted by Gasteiger charge is -2.38. The lowest BCUT2D eigenvalue weighted by atomic mass is 10.0. The van der Waals surface area contributed by atoms with Crippen LogP contribution in [-0.2, 0) is 4.74 Å². The summed E-state index contributed by atoms with van der Waals surface area (Å²) in [6.07, 6.45) is 4.17. The Morgan fingerprint density at radius 3 is 2.50 bits per heavy atom. The van der Waals surface area contributed by atoms with E-state index in [0.717, 1.165) is 58.5 Å². The highest BCUT2D eigenvalue weighted by Gasteiger charge is 2.26. The smallest absolute Gasteiger partial charge is 0.317 e. The Bertz CT molecular complexity index is 509. The number of carbonyl (C=O) groups is 1. The number of ether oxygens (including phenoxy) is 1. The maximum Gasteiger partial charge on any atom is 0.317 e. The summed E-state index contributed by atoms with van der Waals surface area (Å²) in [7, 11) is 2.15. The molecular formula is C19H29N3O2. The molecule has 1 aromatic rings. The molecule has 3 rings (SSSR count). The second-order valence-electron chi connectivity index (χ2n) is 6.91. The van der Waals surface area contributed by atoms with Crippen molar-refractivity contribution in [3.63, 3.8) is 0 Å². The van der Waals surface area contributed by atoms with Gasteiger partial charge >= 0.3 is 6.03 Å². The molecule has 1 aromatic carbocycles. The Kier molecular flexibility index (Phi) is 5.96. The Balaban J connectivity index is 1.42. The van der Waals surface area contributed by atoms with Gasteiger partial charge in [-0.3, -0.25) is 0 Å². The summed E-state index contributed by atoms with van der Waals surface area (Å²) in [4.78, 5) is 16.7. The molecule has 0 saturated carbocycles. The maximum atomic E-state index is 12.4. The molecule has 0 aromatic heterocycles. The minimum absolute atomic E-state index is 0.0994. The van der Waals surface area contributed by atoms with E-state index in [1.807, 2.05) is 11.0 Å². The van der Waals surface area contributed by atoms with E-state index in [-0.39, 0.29) is 6.03 Å². The molecule has 132 valence electrons. The van der Waals surface area contributed by atoms with E-state index >= 15 is 0 Å². The first-order chi connectivity index (χ1) is 11.7. The third kappa shape index (κ3) is 4.41. The second kappa shape index (κ2) is 8.38. The molecule has 0 atom stereocenters. The number of para-hydroxylation sites is 1. The Morgan fingerprint density at radius 2 is 1.83 bits per heavy atom. The molecule has 0 bridgehead atoms. The molecule has 1 N–H and O–H groups in total. The molecule has 0 aliphatic carbocycles. The highest BCUT2D eigenvalue weighted by molar-refractivity contribution is 5.74. The molecule has 5 heteroatoms. The Morgan fingerprint density at radius 1 is 1.17 bits per heavy atom. The van der Waals surface area contributed by atoms with Crippen molar-refractivity contribution in [1.29, 1.82) is 0 Å². The van der Waals surface area contributed by atoms with Crippen LogP contribution < -0.4 is 10.2 Å². The van der Waals surface area contributed by atoms with Crippen LogP contribution in [-0.4, -0.2) is 56.9 Å². The first kappa shape index (κ1) is 17.1. The molecule has 0 spiro atoms. The predicted octanol–water partition coefficient (Wildman–Crippen LogP) is 2.72. The van der Waals surface area contributed by atoms with Crippen molar-refractivity contribution in [3.8, 4) is 0 Å². The molecular weight excluding hydrogens is 302 g/mol. The summed E-state index contributed by atoms with van der Waals surface area (Å²) >= 11 is 0. The van der Waals surface area contributed by atoms with Crippen LogP contribution in [0, 0.1) is 5.92 Å². The molecule has 0 radical (unpaired) electrons.